The van der Waals surface area contributed by atoms with Gasteiger partial charge < -0.3 is 4.90 Å². The second-order valence-corrected chi connectivity index (χ2v) is 9.34. The summed E-state index contributed by atoms with van der Waals surface area (Å²) in [5.74, 6) is -0.169. The molecular formula is C30H30BN3O. The van der Waals surface area contributed by atoms with Crippen LogP contribution in [0.5, 0.6) is 0 Å². The number of fused-ring (bicyclic) bond motifs is 1. The SMILES string of the molecule is [B]c1cc(C)c(C(=C)C)cc1CN(C)C(=O)C(=C)/C=C(\C)Cc1cc(C#N)c2ncc(C)cc2c1. The summed E-state index contributed by atoms with van der Waals surface area (Å²) < 4.78 is 0. The number of likely N-dealkylation sites (N-methyl/N-ethyl adjacent to an activating group) is 1. The topological polar surface area (TPSA) is 57.0 Å². The Kier molecular flexibility index (Phi) is 7.76. The zero-order valence-electron chi connectivity index (χ0n) is 21.2. The number of nitrogens with zero attached hydrogens (tertiary/aromatic N) is 3. The zero-order valence-corrected chi connectivity index (χ0v) is 21.2. The molecule has 1 heterocycles. The van der Waals surface area contributed by atoms with E-state index >= 15 is 0 Å². The number of aromatic nitrogens is 1. The highest BCUT2D eigenvalue weighted by molar-refractivity contribution is 6.33. The van der Waals surface area contributed by atoms with Crippen LogP contribution in [0, 0.1) is 25.2 Å². The van der Waals surface area contributed by atoms with E-state index in [0.717, 1.165) is 44.3 Å². The van der Waals surface area contributed by atoms with Crippen molar-refractivity contribution in [2.75, 3.05) is 7.05 Å². The highest BCUT2D eigenvalue weighted by atomic mass is 16.2. The van der Waals surface area contributed by atoms with E-state index in [4.69, 9.17) is 7.85 Å². The van der Waals surface area contributed by atoms with Gasteiger partial charge >= 0.3 is 0 Å². The Bertz CT molecular complexity index is 1430. The molecule has 0 spiro atoms. The van der Waals surface area contributed by atoms with Crippen LogP contribution in [0.1, 0.15) is 47.2 Å². The molecule has 5 heteroatoms. The number of aryl methyl sites for hydroxylation is 2. The molecule has 2 radical (unpaired) electrons. The Morgan fingerprint density at radius 2 is 1.89 bits per heavy atom. The third-order valence-corrected chi connectivity index (χ3v) is 5.98. The molecule has 0 aliphatic rings. The summed E-state index contributed by atoms with van der Waals surface area (Å²) in [6.45, 7) is 16.3. The van der Waals surface area contributed by atoms with Gasteiger partial charge in [-0.05, 0) is 80.1 Å². The number of hydrogen-bond donors (Lipinski definition) is 0. The van der Waals surface area contributed by atoms with E-state index in [9.17, 15) is 10.1 Å². The van der Waals surface area contributed by atoms with Gasteiger partial charge in [-0.25, -0.2) is 0 Å². The van der Waals surface area contributed by atoms with E-state index in [2.05, 4.69) is 24.2 Å². The monoisotopic (exact) mass is 459 g/mol. The predicted octanol–water partition coefficient (Wildman–Crippen LogP) is 5.25. The van der Waals surface area contributed by atoms with Crippen LogP contribution in [0.3, 0.4) is 0 Å². The number of pyridine rings is 1. The number of amides is 1. The van der Waals surface area contributed by atoms with Crippen molar-refractivity contribution in [2.24, 2.45) is 0 Å². The van der Waals surface area contributed by atoms with Crippen molar-refractivity contribution >= 4 is 35.7 Å². The van der Waals surface area contributed by atoms with Gasteiger partial charge in [0.05, 0.1) is 11.1 Å². The van der Waals surface area contributed by atoms with Crippen LogP contribution >= 0.6 is 0 Å². The molecule has 0 fully saturated rings. The summed E-state index contributed by atoms with van der Waals surface area (Å²) in [6.07, 6.45) is 4.17. The van der Waals surface area contributed by atoms with Crippen LogP contribution < -0.4 is 5.46 Å². The van der Waals surface area contributed by atoms with E-state index in [1.807, 2.05) is 58.0 Å². The van der Waals surface area contributed by atoms with Gasteiger partial charge in [0.2, 0.25) is 0 Å². The molecule has 0 N–H and O–H groups in total. The van der Waals surface area contributed by atoms with E-state index < -0.39 is 0 Å². The predicted molar refractivity (Wildman–Crippen MR) is 146 cm³/mol. The first-order valence-corrected chi connectivity index (χ1v) is 11.5. The van der Waals surface area contributed by atoms with Crippen molar-refractivity contribution < 1.29 is 4.79 Å². The molecule has 0 bridgehead atoms. The minimum atomic E-state index is -0.169. The Labute approximate surface area is 209 Å². The van der Waals surface area contributed by atoms with Crippen LogP contribution in [0.15, 0.2) is 66.9 Å². The third kappa shape index (κ3) is 5.97. The molecule has 1 aromatic heterocycles. The second kappa shape index (κ2) is 10.6. The maximum absolute atomic E-state index is 13.0. The van der Waals surface area contributed by atoms with Gasteiger partial charge in [-0.15, -0.1) is 0 Å². The Hall–Kier alpha value is -3.91. The van der Waals surface area contributed by atoms with Crippen molar-refractivity contribution in [1.29, 1.82) is 5.26 Å². The van der Waals surface area contributed by atoms with Crippen LogP contribution in [-0.4, -0.2) is 30.7 Å². The van der Waals surface area contributed by atoms with Gasteiger partial charge in [-0.2, -0.15) is 5.26 Å². The van der Waals surface area contributed by atoms with Gasteiger partial charge in [0.25, 0.3) is 5.91 Å². The number of carbonyl (C=O) groups is 1. The zero-order chi connectivity index (χ0) is 25.9. The van der Waals surface area contributed by atoms with Crippen LogP contribution in [-0.2, 0) is 17.8 Å². The average molecular weight is 459 g/mol. The molecule has 1 amide bonds. The van der Waals surface area contributed by atoms with Crippen molar-refractivity contribution in [1.82, 2.24) is 9.88 Å². The lowest BCUT2D eigenvalue weighted by Gasteiger charge is -2.21. The molecule has 2 aromatic carbocycles. The van der Waals surface area contributed by atoms with E-state index in [1.54, 1.807) is 24.2 Å². The van der Waals surface area contributed by atoms with Gasteiger partial charge in [0, 0.05) is 30.7 Å². The number of allylic oxidation sites excluding steroid dienone is 2. The summed E-state index contributed by atoms with van der Waals surface area (Å²) in [7, 11) is 7.97. The molecule has 3 aromatic rings. The lowest BCUT2D eigenvalue weighted by Crippen LogP contribution is -2.29. The number of rotatable bonds is 7. The minimum absolute atomic E-state index is 0.169. The van der Waals surface area contributed by atoms with Gasteiger partial charge in [-0.3, -0.25) is 9.78 Å². The molecule has 3 rings (SSSR count). The highest BCUT2D eigenvalue weighted by Gasteiger charge is 2.15. The number of benzene rings is 2. The summed E-state index contributed by atoms with van der Waals surface area (Å²) >= 11 is 0. The summed E-state index contributed by atoms with van der Waals surface area (Å²) in [5.41, 5.74) is 9.24. The third-order valence-electron chi connectivity index (χ3n) is 5.98. The normalized spacial score (nSPS) is 11.3. The molecular weight excluding hydrogens is 429 g/mol. The van der Waals surface area contributed by atoms with E-state index in [1.165, 1.54) is 0 Å². The number of carbonyl (C=O) groups excluding carboxylic acids is 1. The maximum Gasteiger partial charge on any atom is 0.253 e. The molecule has 0 atom stereocenters. The highest BCUT2D eigenvalue weighted by Crippen LogP contribution is 2.22. The molecule has 0 unspecified atom stereocenters. The standard InChI is InChI=1S/C30H30BN3O/c1-18(2)27-14-26(28(31)11-21(27)5)17-34(7)30(35)22(6)8-19(3)9-23-12-24-10-20(4)16-33-29(24)25(13-23)15-32/h8,10-14,16H,1,6,9,17H2,2-5,7H3/b19-8+. The average Bonchev–Trinajstić information content (AvgIpc) is 2.78. The fraction of sp³-hybridized carbons (Fsp3) is 0.233. The smallest absolute Gasteiger partial charge is 0.253 e. The Morgan fingerprint density at radius 1 is 1.17 bits per heavy atom. The first-order valence-electron chi connectivity index (χ1n) is 11.5. The largest absolute Gasteiger partial charge is 0.337 e. The molecule has 0 aliphatic carbocycles. The molecule has 0 saturated heterocycles. The fourth-order valence-electron chi connectivity index (χ4n) is 4.29. The van der Waals surface area contributed by atoms with Crippen LogP contribution in [0.25, 0.3) is 16.5 Å². The quantitative estimate of drug-likeness (QED) is 0.275. The molecule has 0 aliphatic heterocycles. The van der Waals surface area contributed by atoms with Crippen molar-refractivity contribution in [3.63, 3.8) is 0 Å². The molecule has 174 valence electrons. The number of nitriles is 1. The molecule has 0 saturated carbocycles. The van der Waals surface area contributed by atoms with Crippen LogP contribution in [0.4, 0.5) is 0 Å². The number of hydrogen-bond acceptors (Lipinski definition) is 3. The van der Waals surface area contributed by atoms with Crippen molar-refractivity contribution in [3.05, 3.63) is 100 Å². The van der Waals surface area contributed by atoms with Gasteiger partial charge in [-0.1, -0.05) is 48.0 Å². The summed E-state index contributed by atoms with van der Waals surface area (Å²) in [6, 6.07) is 12.1. The lowest BCUT2D eigenvalue weighted by molar-refractivity contribution is -0.126. The van der Waals surface area contributed by atoms with E-state index in [0.29, 0.717) is 35.1 Å². The van der Waals surface area contributed by atoms with Crippen molar-refractivity contribution in [2.45, 2.75) is 40.7 Å². The molecule has 4 nitrogen and oxygen atoms in total. The second-order valence-electron chi connectivity index (χ2n) is 9.34. The van der Waals surface area contributed by atoms with Gasteiger partial charge in [0.1, 0.15) is 13.9 Å². The van der Waals surface area contributed by atoms with E-state index in [-0.39, 0.29) is 5.91 Å². The Balaban J connectivity index is 1.76. The summed E-state index contributed by atoms with van der Waals surface area (Å²) in [4.78, 5) is 19.0. The molecule has 35 heavy (non-hydrogen) atoms. The first-order chi connectivity index (χ1) is 16.5. The first kappa shape index (κ1) is 25.7. The van der Waals surface area contributed by atoms with Gasteiger partial charge in [0.15, 0.2) is 0 Å². The van der Waals surface area contributed by atoms with Crippen molar-refractivity contribution in [3.8, 4) is 6.07 Å². The fourth-order valence-corrected chi connectivity index (χ4v) is 4.29. The lowest BCUT2D eigenvalue weighted by atomic mass is 9.85. The summed E-state index contributed by atoms with van der Waals surface area (Å²) in [5, 5.41) is 10.5. The Morgan fingerprint density at radius 3 is 2.54 bits per heavy atom. The minimum Gasteiger partial charge on any atom is -0.337 e. The maximum atomic E-state index is 13.0. The van der Waals surface area contributed by atoms with Crippen LogP contribution in [0.2, 0.25) is 0 Å².